The van der Waals surface area contributed by atoms with Crippen LogP contribution in [0.25, 0.3) is 0 Å². The minimum absolute atomic E-state index is 0.313. The van der Waals surface area contributed by atoms with Gasteiger partial charge in [-0.2, -0.15) is 4.99 Å². The molecule has 0 N–H and O–H groups in total. The maximum Gasteiger partial charge on any atom is 0.334 e. The molecule has 0 bridgehead atoms. The van der Waals surface area contributed by atoms with E-state index < -0.39 is 5.54 Å². The maximum absolute atomic E-state index is 12.0. The molecule has 0 aromatic carbocycles. The average Bonchev–Trinajstić information content (AvgIpc) is 2.33. The summed E-state index contributed by atoms with van der Waals surface area (Å²) in [6.07, 6.45) is 6.30. The Morgan fingerprint density at radius 2 is 1.71 bits per heavy atom. The van der Waals surface area contributed by atoms with Gasteiger partial charge in [0.05, 0.1) is 6.61 Å². The Hall–Kier alpha value is -1.15. The number of ether oxygens (including phenoxy) is 1. The van der Waals surface area contributed by atoms with Crippen molar-refractivity contribution in [3.8, 4) is 0 Å². The molecule has 4 heteroatoms. The zero-order valence-electron chi connectivity index (χ0n) is 11.1. The van der Waals surface area contributed by atoms with Crippen molar-refractivity contribution in [1.29, 1.82) is 0 Å². The summed E-state index contributed by atoms with van der Waals surface area (Å²) in [5.74, 6) is -0.384. The second-order valence-corrected chi connectivity index (χ2v) is 4.16. The van der Waals surface area contributed by atoms with E-state index in [1.165, 1.54) is 6.08 Å². The summed E-state index contributed by atoms with van der Waals surface area (Å²) in [5.41, 5.74) is -0.996. The van der Waals surface area contributed by atoms with Gasteiger partial charge in [-0.1, -0.05) is 39.5 Å². The molecule has 0 aromatic heterocycles. The molecular formula is C13H23NO3. The number of rotatable bonds is 9. The van der Waals surface area contributed by atoms with Gasteiger partial charge in [-0.15, -0.1) is 0 Å². The van der Waals surface area contributed by atoms with Gasteiger partial charge in [-0.3, -0.25) is 0 Å². The standard InChI is InChI=1S/C13H23NO3/c1-4-7-9-13(14-11-15,10-8-5-2)12(16)17-6-3/h4-10H2,1-3H3. The van der Waals surface area contributed by atoms with Crippen molar-refractivity contribution >= 4 is 12.0 Å². The smallest absolute Gasteiger partial charge is 0.334 e. The van der Waals surface area contributed by atoms with E-state index in [-0.39, 0.29) is 5.97 Å². The number of carbonyl (C=O) groups excluding carboxylic acids is 2. The summed E-state index contributed by atoms with van der Waals surface area (Å²) < 4.78 is 5.04. The van der Waals surface area contributed by atoms with Crippen LogP contribution in [0.15, 0.2) is 4.99 Å². The van der Waals surface area contributed by atoms with E-state index in [2.05, 4.69) is 4.99 Å². The quantitative estimate of drug-likeness (QED) is 0.354. The normalized spacial score (nSPS) is 10.8. The Kier molecular flexibility index (Phi) is 8.34. The Balaban J connectivity index is 4.92. The number of isocyanates is 1. The van der Waals surface area contributed by atoms with Crippen molar-refractivity contribution < 1.29 is 14.3 Å². The summed E-state index contributed by atoms with van der Waals surface area (Å²) in [5, 5.41) is 0. The van der Waals surface area contributed by atoms with E-state index in [0.717, 1.165) is 25.7 Å². The third-order valence-electron chi connectivity index (χ3n) is 2.80. The largest absolute Gasteiger partial charge is 0.464 e. The van der Waals surface area contributed by atoms with Gasteiger partial charge in [0.1, 0.15) is 0 Å². The van der Waals surface area contributed by atoms with E-state index in [1.54, 1.807) is 6.92 Å². The molecule has 0 spiro atoms. The third kappa shape index (κ3) is 5.14. The highest BCUT2D eigenvalue weighted by Gasteiger charge is 2.38. The summed E-state index contributed by atoms with van der Waals surface area (Å²) in [6, 6.07) is 0. The molecule has 0 saturated heterocycles. The highest BCUT2D eigenvalue weighted by atomic mass is 16.5. The molecule has 0 rings (SSSR count). The molecule has 0 radical (unpaired) electrons. The number of carbonyl (C=O) groups is 1. The number of esters is 1. The number of hydrogen-bond acceptors (Lipinski definition) is 4. The van der Waals surface area contributed by atoms with Crippen LogP contribution in [0.4, 0.5) is 0 Å². The molecule has 4 nitrogen and oxygen atoms in total. The topological polar surface area (TPSA) is 55.7 Å². The molecule has 0 aromatic rings. The van der Waals surface area contributed by atoms with Gasteiger partial charge in [0.15, 0.2) is 5.54 Å². The fraction of sp³-hybridized carbons (Fsp3) is 0.846. The highest BCUT2D eigenvalue weighted by Crippen LogP contribution is 2.27. The van der Waals surface area contributed by atoms with Crippen molar-refractivity contribution in [2.24, 2.45) is 4.99 Å². The predicted molar refractivity (Wildman–Crippen MR) is 66.5 cm³/mol. The third-order valence-corrected chi connectivity index (χ3v) is 2.80. The van der Waals surface area contributed by atoms with Crippen LogP contribution in [0.1, 0.15) is 59.3 Å². The SMILES string of the molecule is CCCCC(CCCC)(N=C=O)C(=O)OCC. The van der Waals surface area contributed by atoms with Crippen LogP contribution in [0.5, 0.6) is 0 Å². The number of nitrogens with zero attached hydrogens (tertiary/aromatic N) is 1. The van der Waals surface area contributed by atoms with Crippen LogP contribution in [0.2, 0.25) is 0 Å². The molecule has 0 aliphatic rings. The van der Waals surface area contributed by atoms with Gasteiger partial charge in [0, 0.05) is 0 Å². The van der Waals surface area contributed by atoms with Crippen molar-refractivity contribution in [3.63, 3.8) is 0 Å². The molecule has 0 heterocycles. The van der Waals surface area contributed by atoms with Crippen molar-refractivity contribution in [2.75, 3.05) is 6.61 Å². The summed E-state index contributed by atoms with van der Waals surface area (Å²) in [4.78, 5) is 26.3. The Morgan fingerprint density at radius 3 is 2.06 bits per heavy atom. The van der Waals surface area contributed by atoms with E-state index in [4.69, 9.17) is 4.74 Å². The lowest BCUT2D eigenvalue weighted by Gasteiger charge is -2.25. The predicted octanol–water partition coefficient (Wildman–Crippen LogP) is 3.00. The second-order valence-electron chi connectivity index (χ2n) is 4.16. The molecule has 17 heavy (non-hydrogen) atoms. The zero-order chi connectivity index (χ0) is 13.1. The van der Waals surface area contributed by atoms with E-state index >= 15 is 0 Å². The first-order valence-electron chi connectivity index (χ1n) is 6.43. The minimum atomic E-state index is -0.996. The minimum Gasteiger partial charge on any atom is -0.464 e. The Morgan fingerprint density at radius 1 is 1.18 bits per heavy atom. The molecule has 0 saturated carbocycles. The lowest BCUT2D eigenvalue weighted by Crippen LogP contribution is -2.38. The fourth-order valence-corrected chi connectivity index (χ4v) is 1.78. The van der Waals surface area contributed by atoms with Crippen molar-refractivity contribution in [2.45, 2.75) is 64.8 Å². The fourth-order valence-electron chi connectivity index (χ4n) is 1.78. The molecular weight excluding hydrogens is 218 g/mol. The van der Waals surface area contributed by atoms with Crippen LogP contribution >= 0.6 is 0 Å². The lowest BCUT2D eigenvalue weighted by atomic mass is 9.88. The van der Waals surface area contributed by atoms with Gasteiger partial charge in [0.2, 0.25) is 6.08 Å². The summed E-state index contributed by atoms with van der Waals surface area (Å²) in [6.45, 7) is 6.15. The van der Waals surface area contributed by atoms with Crippen molar-refractivity contribution in [1.82, 2.24) is 0 Å². The van der Waals surface area contributed by atoms with Gasteiger partial charge < -0.3 is 4.74 Å². The van der Waals surface area contributed by atoms with Crippen LogP contribution in [0, 0.1) is 0 Å². The molecule has 0 unspecified atom stereocenters. The molecule has 0 atom stereocenters. The first-order chi connectivity index (χ1) is 8.16. The molecule has 0 aliphatic heterocycles. The number of unbranched alkanes of at least 4 members (excludes halogenated alkanes) is 2. The summed E-state index contributed by atoms with van der Waals surface area (Å²) in [7, 11) is 0. The van der Waals surface area contributed by atoms with Crippen LogP contribution in [-0.2, 0) is 14.3 Å². The van der Waals surface area contributed by atoms with E-state index in [0.29, 0.717) is 19.4 Å². The molecule has 98 valence electrons. The van der Waals surface area contributed by atoms with Gasteiger partial charge >= 0.3 is 5.97 Å². The Labute approximate surface area is 103 Å². The summed E-state index contributed by atoms with van der Waals surface area (Å²) >= 11 is 0. The average molecular weight is 241 g/mol. The van der Waals surface area contributed by atoms with Crippen LogP contribution in [-0.4, -0.2) is 24.2 Å². The lowest BCUT2D eigenvalue weighted by molar-refractivity contribution is -0.150. The van der Waals surface area contributed by atoms with Gasteiger partial charge in [-0.25, -0.2) is 9.59 Å². The molecule has 0 fully saturated rings. The zero-order valence-corrected chi connectivity index (χ0v) is 11.1. The first-order valence-corrected chi connectivity index (χ1v) is 6.43. The van der Waals surface area contributed by atoms with E-state index in [1.807, 2.05) is 13.8 Å². The second kappa shape index (κ2) is 8.94. The number of aliphatic imine (C=N–C) groups is 1. The van der Waals surface area contributed by atoms with Crippen LogP contribution < -0.4 is 0 Å². The van der Waals surface area contributed by atoms with Gasteiger partial charge in [-0.05, 0) is 19.8 Å². The maximum atomic E-state index is 12.0. The Bertz CT molecular complexity index is 262. The van der Waals surface area contributed by atoms with Crippen LogP contribution in [0.3, 0.4) is 0 Å². The van der Waals surface area contributed by atoms with Crippen molar-refractivity contribution in [3.05, 3.63) is 0 Å². The first kappa shape index (κ1) is 15.9. The number of hydrogen-bond donors (Lipinski definition) is 0. The van der Waals surface area contributed by atoms with Gasteiger partial charge in [0.25, 0.3) is 0 Å². The molecule has 0 aliphatic carbocycles. The monoisotopic (exact) mass is 241 g/mol. The molecule has 0 amide bonds. The van der Waals surface area contributed by atoms with E-state index in [9.17, 15) is 9.59 Å². The highest BCUT2D eigenvalue weighted by molar-refractivity contribution is 5.82.